The van der Waals surface area contributed by atoms with Gasteiger partial charge in [0.25, 0.3) is 5.91 Å². The van der Waals surface area contributed by atoms with Crippen molar-refractivity contribution in [2.24, 2.45) is 0 Å². The van der Waals surface area contributed by atoms with Crippen LogP contribution in [0.25, 0.3) is 10.2 Å². The lowest BCUT2D eigenvalue weighted by molar-refractivity contribution is 0.0322. The molecule has 1 aliphatic heterocycles. The zero-order valence-electron chi connectivity index (χ0n) is 14.9. The van der Waals surface area contributed by atoms with Gasteiger partial charge in [-0.15, -0.1) is 0 Å². The maximum Gasteiger partial charge on any atom is 0.257 e. The average Bonchev–Trinajstić information content (AvgIpc) is 3.11. The van der Waals surface area contributed by atoms with Gasteiger partial charge in [-0.3, -0.25) is 15.0 Å². The SMILES string of the molecule is O=C(Nc1nc2ccc(OCCN3CCOCC3)cc2s1)c1ccccc1. The van der Waals surface area contributed by atoms with Crippen molar-refractivity contribution < 1.29 is 14.3 Å². The minimum atomic E-state index is -0.156. The monoisotopic (exact) mass is 383 g/mol. The number of aromatic nitrogens is 1. The molecular formula is C20H21N3O3S. The Morgan fingerprint density at radius 3 is 2.81 bits per heavy atom. The molecule has 1 fully saturated rings. The second-order valence-electron chi connectivity index (χ2n) is 6.27. The van der Waals surface area contributed by atoms with Crippen LogP contribution in [-0.4, -0.2) is 55.2 Å². The maximum absolute atomic E-state index is 12.3. The summed E-state index contributed by atoms with van der Waals surface area (Å²) in [6, 6.07) is 14.9. The van der Waals surface area contributed by atoms with Crippen molar-refractivity contribution in [3.05, 3.63) is 54.1 Å². The van der Waals surface area contributed by atoms with Crippen LogP contribution in [0.4, 0.5) is 5.13 Å². The number of benzene rings is 2. The molecule has 1 aliphatic rings. The molecule has 0 bridgehead atoms. The third-order valence-electron chi connectivity index (χ3n) is 4.40. The summed E-state index contributed by atoms with van der Waals surface area (Å²) >= 11 is 1.45. The molecule has 4 rings (SSSR count). The predicted molar refractivity (Wildman–Crippen MR) is 107 cm³/mol. The summed E-state index contributed by atoms with van der Waals surface area (Å²) in [5, 5.41) is 3.45. The molecule has 1 N–H and O–H groups in total. The predicted octanol–water partition coefficient (Wildman–Crippen LogP) is 3.26. The lowest BCUT2D eigenvalue weighted by atomic mass is 10.2. The minimum Gasteiger partial charge on any atom is -0.492 e. The number of amides is 1. The number of morpholine rings is 1. The first-order valence-corrected chi connectivity index (χ1v) is 9.79. The second-order valence-corrected chi connectivity index (χ2v) is 7.30. The third-order valence-corrected chi connectivity index (χ3v) is 5.33. The molecule has 27 heavy (non-hydrogen) atoms. The van der Waals surface area contributed by atoms with E-state index < -0.39 is 0 Å². The van der Waals surface area contributed by atoms with E-state index in [-0.39, 0.29) is 5.91 Å². The maximum atomic E-state index is 12.3. The van der Waals surface area contributed by atoms with E-state index >= 15 is 0 Å². The van der Waals surface area contributed by atoms with Crippen LogP contribution < -0.4 is 10.1 Å². The highest BCUT2D eigenvalue weighted by atomic mass is 32.1. The Balaban J connectivity index is 1.37. The normalized spacial score (nSPS) is 15.0. The summed E-state index contributed by atoms with van der Waals surface area (Å²) in [5.41, 5.74) is 1.47. The Kier molecular flexibility index (Phi) is 5.62. The van der Waals surface area contributed by atoms with E-state index in [0.717, 1.165) is 48.8 Å². The van der Waals surface area contributed by atoms with Crippen molar-refractivity contribution >= 4 is 32.6 Å². The van der Waals surface area contributed by atoms with Crippen LogP contribution in [-0.2, 0) is 4.74 Å². The number of carbonyl (C=O) groups is 1. The van der Waals surface area contributed by atoms with Crippen LogP contribution in [0, 0.1) is 0 Å². The minimum absolute atomic E-state index is 0.156. The van der Waals surface area contributed by atoms with E-state index in [9.17, 15) is 4.79 Å². The fourth-order valence-corrected chi connectivity index (χ4v) is 3.81. The van der Waals surface area contributed by atoms with Gasteiger partial charge in [-0.2, -0.15) is 0 Å². The smallest absolute Gasteiger partial charge is 0.257 e. The van der Waals surface area contributed by atoms with E-state index in [1.807, 2.05) is 36.4 Å². The Morgan fingerprint density at radius 1 is 1.19 bits per heavy atom. The number of hydrogen-bond donors (Lipinski definition) is 1. The standard InChI is InChI=1S/C20H21N3O3S/c24-19(15-4-2-1-3-5-15)22-20-21-17-7-6-16(14-18(17)27-20)26-13-10-23-8-11-25-12-9-23/h1-7,14H,8-13H2,(H,21,22,24). The number of hydrogen-bond acceptors (Lipinski definition) is 6. The number of fused-ring (bicyclic) bond motifs is 1. The average molecular weight is 383 g/mol. The number of anilines is 1. The number of nitrogens with one attached hydrogen (secondary N) is 1. The van der Waals surface area contributed by atoms with Crippen molar-refractivity contribution in [3.63, 3.8) is 0 Å². The van der Waals surface area contributed by atoms with E-state index in [1.54, 1.807) is 12.1 Å². The first-order valence-electron chi connectivity index (χ1n) is 8.98. The van der Waals surface area contributed by atoms with Crippen molar-refractivity contribution in [1.29, 1.82) is 0 Å². The molecule has 0 atom stereocenters. The van der Waals surface area contributed by atoms with Crippen LogP contribution >= 0.6 is 11.3 Å². The van der Waals surface area contributed by atoms with Crippen molar-refractivity contribution in [2.75, 3.05) is 44.8 Å². The fraction of sp³-hybridized carbons (Fsp3) is 0.300. The quantitative estimate of drug-likeness (QED) is 0.708. The highest BCUT2D eigenvalue weighted by Crippen LogP contribution is 2.29. The van der Waals surface area contributed by atoms with Gasteiger partial charge in [-0.05, 0) is 30.3 Å². The number of ether oxygens (including phenoxy) is 2. The topological polar surface area (TPSA) is 63.7 Å². The van der Waals surface area contributed by atoms with Crippen LogP contribution in [0.1, 0.15) is 10.4 Å². The Labute approximate surface area is 161 Å². The molecule has 6 nitrogen and oxygen atoms in total. The van der Waals surface area contributed by atoms with Crippen molar-refractivity contribution in [3.8, 4) is 5.75 Å². The van der Waals surface area contributed by atoms with E-state index in [1.165, 1.54) is 11.3 Å². The third kappa shape index (κ3) is 4.63. The van der Waals surface area contributed by atoms with E-state index in [2.05, 4.69) is 15.2 Å². The lowest BCUT2D eigenvalue weighted by Gasteiger charge is -2.26. The molecule has 140 valence electrons. The van der Waals surface area contributed by atoms with Gasteiger partial charge in [-0.1, -0.05) is 29.5 Å². The van der Waals surface area contributed by atoms with Gasteiger partial charge in [0.15, 0.2) is 5.13 Å². The molecule has 0 saturated carbocycles. The number of carbonyl (C=O) groups excluding carboxylic acids is 1. The molecule has 0 unspecified atom stereocenters. The summed E-state index contributed by atoms with van der Waals surface area (Å²) in [6.07, 6.45) is 0. The summed E-state index contributed by atoms with van der Waals surface area (Å²) in [7, 11) is 0. The molecule has 2 heterocycles. The van der Waals surface area contributed by atoms with E-state index in [0.29, 0.717) is 17.3 Å². The number of thiazole rings is 1. The van der Waals surface area contributed by atoms with Gasteiger partial charge in [0.2, 0.25) is 0 Å². The van der Waals surface area contributed by atoms with Gasteiger partial charge < -0.3 is 9.47 Å². The highest BCUT2D eigenvalue weighted by Gasteiger charge is 2.12. The molecule has 1 amide bonds. The molecule has 7 heteroatoms. The summed E-state index contributed by atoms with van der Waals surface area (Å²) in [5.74, 6) is 0.664. The Bertz CT molecular complexity index is 907. The van der Waals surface area contributed by atoms with Crippen LogP contribution in [0.15, 0.2) is 48.5 Å². The highest BCUT2D eigenvalue weighted by molar-refractivity contribution is 7.22. The van der Waals surface area contributed by atoms with Gasteiger partial charge >= 0.3 is 0 Å². The van der Waals surface area contributed by atoms with Crippen LogP contribution in [0.3, 0.4) is 0 Å². The lowest BCUT2D eigenvalue weighted by Crippen LogP contribution is -2.38. The molecule has 1 saturated heterocycles. The summed E-state index contributed by atoms with van der Waals surface area (Å²) in [4.78, 5) is 19.1. The van der Waals surface area contributed by atoms with Crippen molar-refractivity contribution in [2.45, 2.75) is 0 Å². The molecule has 0 radical (unpaired) electrons. The fourth-order valence-electron chi connectivity index (χ4n) is 2.92. The van der Waals surface area contributed by atoms with Gasteiger partial charge in [-0.25, -0.2) is 4.98 Å². The first-order chi connectivity index (χ1) is 13.3. The first kappa shape index (κ1) is 17.9. The molecule has 3 aromatic rings. The van der Waals surface area contributed by atoms with Crippen LogP contribution in [0.2, 0.25) is 0 Å². The van der Waals surface area contributed by atoms with Crippen LogP contribution in [0.5, 0.6) is 5.75 Å². The molecule has 2 aromatic carbocycles. The van der Waals surface area contributed by atoms with Gasteiger partial charge in [0, 0.05) is 25.2 Å². The van der Waals surface area contributed by atoms with Crippen molar-refractivity contribution in [1.82, 2.24) is 9.88 Å². The zero-order chi connectivity index (χ0) is 18.5. The summed E-state index contributed by atoms with van der Waals surface area (Å²) < 4.78 is 12.2. The second kappa shape index (κ2) is 8.47. The Hall–Kier alpha value is -2.48. The summed E-state index contributed by atoms with van der Waals surface area (Å²) in [6.45, 7) is 5.04. The molecule has 1 aromatic heterocycles. The van der Waals surface area contributed by atoms with E-state index in [4.69, 9.17) is 9.47 Å². The van der Waals surface area contributed by atoms with Gasteiger partial charge in [0.1, 0.15) is 12.4 Å². The number of nitrogens with zero attached hydrogens (tertiary/aromatic N) is 2. The zero-order valence-corrected chi connectivity index (χ0v) is 15.7. The molecular weight excluding hydrogens is 362 g/mol. The number of rotatable bonds is 6. The largest absolute Gasteiger partial charge is 0.492 e. The van der Waals surface area contributed by atoms with Gasteiger partial charge in [0.05, 0.1) is 23.4 Å². The molecule has 0 aliphatic carbocycles. The molecule has 0 spiro atoms. The Morgan fingerprint density at radius 2 is 2.00 bits per heavy atom.